The minimum Gasteiger partial charge on any atom is -0.472 e. The molecule has 1 fully saturated rings. The molecule has 0 radical (unpaired) electrons. The number of rotatable bonds is 5. The number of hydrogen-bond donors (Lipinski definition) is 0. The second kappa shape index (κ2) is 13.2. The second-order valence-corrected chi connectivity index (χ2v) is 17.8. The van der Waals surface area contributed by atoms with Gasteiger partial charge in [-0.15, -0.1) is 0 Å². The first kappa shape index (κ1) is 35.3. The van der Waals surface area contributed by atoms with E-state index >= 15 is 0 Å². The lowest BCUT2D eigenvalue weighted by Crippen LogP contribution is -2.36. The average molecular weight is 774 g/mol. The van der Waals surface area contributed by atoms with Crippen molar-refractivity contribution < 1.29 is 4.74 Å². The van der Waals surface area contributed by atoms with Gasteiger partial charge in [0.25, 0.3) is 0 Å². The summed E-state index contributed by atoms with van der Waals surface area (Å²) in [5.74, 6) is 0.953. The normalized spacial score (nSPS) is 18.9. The Kier molecular flexibility index (Phi) is 7.76. The number of benzene rings is 8. The summed E-state index contributed by atoms with van der Waals surface area (Å²) in [6, 6.07) is 65.6. The number of fused-ring (bicyclic) bond motifs is 11. The molecule has 2 heteroatoms. The first-order valence-corrected chi connectivity index (χ1v) is 21.8. The van der Waals surface area contributed by atoms with Crippen molar-refractivity contribution in [2.24, 2.45) is 0 Å². The number of piperidine rings is 1. The fourth-order valence-electron chi connectivity index (χ4n) is 11.6. The van der Waals surface area contributed by atoms with Gasteiger partial charge in [-0.25, -0.2) is 0 Å². The third-order valence-electron chi connectivity index (χ3n) is 14.4. The van der Waals surface area contributed by atoms with Crippen LogP contribution in [0.5, 0.6) is 5.75 Å². The zero-order valence-electron chi connectivity index (χ0n) is 34.3. The molecule has 2 nitrogen and oxygen atoms in total. The lowest BCUT2D eigenvalue weighted by Gasteiger charge is -2.40. The molecule has 8 aromatic carbocycles. The summed E-state index contributed by atoms with van der Waals surface area (Å²) in [7, 11) is 0. The van der Waals surface area contributed by atoms with Gasteiger partial charge in [-0.3, -0.25) is 0 Å². The highest BCUT2D eigenvalue weighted by Gasteiger charge is 2.49. The van der Waals surface area contributed by atoms with Gasteiger partial charge in [0.05, 0.1) is 5.41 Å². The molecule has 1 saturated heterocycles. The predicted octanol–water partition coefficient (Wildman–Crippen LogP) is 13.8. The highest BCUT2D eigenvalue weighted by molar-refractivity contribution is 6.08. The molecular formula is C58H47NO. The van der Waals surface area contributed by atoms with E-state index in [1.165, 1.54) is 91.5 Å². The van der Waals surface area contributed by atoms with Crippen LogP contribution in [-0.2, 0) is 16.4 Å². The van der Waals surface area contributed by atoms with Crippen LogP contribution in [0.1, 0.15) is 83.2 Å². The zero-order valence-corrected chi connectivity index (χ0v) is 34.3. The molecule has 0 aromatic heterocycles. The van der Waals surface area contributed by atoms with E-state index in [-0.39, 0.29) is 5.41 Å². The van der Waals surface area contributed by atoms with Crippen LogP contribution in [0, 0.1) is 0 Å². The van der Waals surface area contributed by atoms with Crippen LogP contribution in [0.2, 0.25) is 0 Å². The van der Waals surface area contributed by atoms with Crippen molar-refractivity contribution in [3.63, 3.8) is 0 Å². The van der Waals surface area contributed by atoms with Gasteiger partial charge in [0.15, 0.2) is 5.60 Å². The lowest BCUT2D eigenvalue weighted by atomic mass is 9.67. The van der Waals surface area contributed by atoms with Crippen molar-refractivity contribution in [2.45, 2.75) is 49.5 Å². The van der Waals surface area contributed by atoms with Crippen LogP contribution < -0.4 is 9.64 Å². The molecule has 290 valence electrons. The van der Waals surface area contributed by atoms with E-state index < -0.39 is 11.0 Å². The fourth-order valence-corrected chi connectivity index (χ4v) is 11.6. The molecule has 0 spiro atoms. The Bertz CT molecular complexity index is 2970. The Morgan fingerprint density at radius 1 is 0.483 bits per heavy atom. The molecule has 1 unspecified atom stereocenters. The molecule has 2 heterocycles. The zero-order chi connectivity index (χ0) is 40.1. The minimum atomic E-state index is -0.914. The van der Waals surface area contributed by atoms with Crippen molar-refractivity contribution in [1.29, 1.82) is 0 Å². The van der Waals surface area contributed by atoms with Gasteiger partial charge in [-0.2, -0.15) is 0 Å². The maximum absolute atomic E-state index is 7.92. The third-order valence-corrected chi connectivity index (χ3v) is 14.4. The van der Waals surface area contributed by atoms with E-state index in [0.717, 1.165) is 35.4 Å². The van der Waals surface area contributed by atoms with E-state index in [2.05, 4.69) is 207 Å². The van der Waals surface area contributed by atoms with Crippen LogP contribution in [0.3, 0.4) is 0 Å². The molecule has 60 heavy (non-hydrogen) atoms. The molecule has 8 aromatic rings. The monoisotopic (exact) mass is 773 g/mol. The van der Waals surface area contributed by atoms with Crippen molar-refractivity contribution in [3.05, 3.63) is 232 Å². The van der Waals surface area contributed by atoms with Crippen LogP contribution in [0.15, 0.2) is 182 Å². The lowest BCUT2D eigenvalue weighted by molar-refractivity contribution is 0.163. The first-order valence-electron chi connectivity index (χ1n) is 21.8. The molecule has 12 rings (SSSR count). The number of hydrogen-bond acceptors (Lipinski definition) is 2. The van der Waals surface area contributed by atoms with Crippen molar-refractivity contribution in [1.82, 2.24) is 0 Å². The average Bonchev–Trinajstić information content (AvgIpc) is 3.75. The Morgan fingerprint density at radius 2 is 1.07 bits per heavy atom. The Morgan fingerprint density at radius 3 is 1.78 bits per heavy atom. The van der Waals surface area contributed by atoms with Gasteiger partial charge < -0.3 is 9.64 Å². The molecule has 2 aliphatic heterocycles. The Labute approximate surface area is 353 Å². The summed E-state index contributed by atoms with van der Waals surface area (Å²) in [5.41, 5.74) is 16.1. The van der Waals surface area contributed by atoms with Gasteiger partial charge in [-0.05, 0) is 105 Å². The SMILES string of the molecule is CC1(C)c2ccccc2-c2c1c1c(c3ccccc23)OC(c2ccc(N3CCCCC3)cc2)(c2ccc3c(c2)C(c2ccccc2)(c2ccccc2)c2ccccc2-3)C=C1. The summed E-state index contributed by atoms with van der Waals surface area (Å²) < 4.78 is 7.92. The largest absolute Gasteiger partial charge is 0.472 e. The van der Waals surface area contributed by atoms with E-state index in [4.69, 9.17) is 4.74 Å². The number of nitrogens with zero attached hydrogens (tertiary/aromatic N) is 1. The molecular weight excluding hydrogens is 727 g/mol. The molecule has 4 aliphatic rings. The quantitative estimate of drug-likeness (QED) is 0.173. The van der Waals surface area contributed by atoms with Gasteiger partial charge in [0.1, 0.15) is 5.75 Å². The van der Waals surface area contributed by atoms with Gasteiger partial charge in [-0.1, -0.05) is 178 Å². The smallest absolute Gasteiger partial charge is 0.178 e. The summed E-state index contributed by atoms with van der Waals surface area (Å²) in [6.45, 7) is 6.98. The Balaban J connectivity index is 1.13. The number of anilines is 1. The minimum absolute atomic E-state index is 0.200. The van der Waals surface area contributed by atoms with Crippen LogP contribution >= 0.6 is 0 Å². The van der Waals surface area contributed by atoms with Crippen LogP contribution in [0.25, 0.3) is 39.1 Å². The van der Waals surface area contributed by atoms with Gasteiger partial charge >= 0.3 is 0 Å². The summed E-state index contributed by atoms with van der Waals surface area (Å²) in [5, 5.41) is 2.39. The van der Waals surface area contributed by atoms with Gasteiger partial charge in [0.2, 0.25) is 0 Å². The molecule has 0 N–H and O–H groups in total. The van der Waals surface area contributed by atoms with Gasteiger partial charge in [0, 0.05) is 46.3 Å². The first-order chi connectivity index (χ1) is 29.5. The molecule has 0 bridgehead atoms. The van der Waals surface area contributed by atoms with E-state index in [1.54, 1.807) is 0 Å². The van der Waals surface area contributed by atoms with Crippen molar-refractivity contribution in [2.75, 3.05) is 18.0 Å². The standard InChI is InChI=1S/C58H47NO/c1-56(2)50-26-14-13-25-48(50)53-46-23-10-11-24-47(46)55-49(54(53)56)34-35-57(60-55,39-28-31-43(32-29-39)59-36-16-5-17-37-59)42-30-33-45-44-22-12-15-27-51(44)58(52(45)38-42,40-18-6-3-7-19-40)41-20-8-4-9-21-41/h3-4,6-15,18-35,38H,5,16-17,36-37H2,1-2H3. The Hall–Kier alpha value is -6.64. The molecule has 2 aliphatic carbocycles. The predicted molar refractivity (Wildman–Crippen MR) is 248 cm³/mol. The summed E-state index contributed by atoms with van der Waals surface area (Å²) in [4.78, 5) is 2.55. The maximum atomic E-state index is 7.92. The molecule has 1 atom stereocenters. The summed E-state index contributed by atoms with van der Waals surface area (Å²) in [6.07, 6.45) is 8.57. The fraction of sp³-hybridized carbons (Fsp3) is 0.172. The number of ether oxygens (including phenoxy) is 1. The van der Waals surface area contributed by atoms with E-state index in [1.807, 2.05) is 0 Å². The third kappa shape index (κ3) is 4.82. The van der Waals surface area contributed by atoms with Crippen molar-refractivity contribution >= 4 is 22.5 Å². The highest BCUT2D eigenvalue weighted by Crippen LogP contribution is 2.60. The van der Waals surface area contributed by atoms with Crippen LogP contribution in [-0.4, -0.2) is 13.1 Å². The van der Waals surface area contributed by atoms with E-state index in [9.17, 15) is 0 Å². The van der Waals surface area contributed by atoms with E-state index in [0.29, 0.717) is 0 Å². The second-order valence-electron chi connectivity index (χ2n) is 17.8. The maximum Gasteiger partial charge on any atom is 0.178 e. The highest BCUT2D eigenvalue weighted by atomic mass is 16.5. The molecule has 0 amide bonds. The molecule has 0 saturated carbocycles. The van der Waals surface area contributed by atoms with Crippen molar-refractivity contribution in [3.8, 4) is 28.0 Å². The topological polar surface area (TPSA) is 12.5 Å². The summed E-state index contributed by atoms with van der Waals surface area (Å²) >= 11 is 0. The van der Waals surface area contributed by atoms with Crippen LogP contribution in [0.4, 0.5) is 5.69 Å².